The van der Waals surface area contributed by atoms with Crippen LogP contribution in [0.2, 0.25) is 0 Å². The second-order valence-electron chi connectivity index (χ2n) is 9.81. The molecule has 0 aliphatic carbocycles. The Hall–Kier alpha value is -3.65. The standard InChI is InChI=1S/C32H31N2/c1-5-33-27-14-10-9-13-25(27)26-21-22(15-18-28(26)33)16-20-30-32(3,4)31-24-12-8-7-11-23(24)17-19-29(31)34(30)6-2/h7-21H,5-6H2,1-4H3/q+1. The summed E-state index contributed by atoms with van der Waals surface area (Å²) in [5.41, 5.74) is 7.94. The van der Waals surface area contributed by atoms with Gasteiger partial charge in [-0.05, 0) is 74.4 Å². The van der Waals surface area contributed by atoms with Crippen LogP contribution in [0.25, 0.3) is 38.7 Å². The molecule has 6 rings (SSSR count). The lowest BCUT2D eigenvalue weighted by atomic mass is 9.79. The van der Waals surface area contributed by atoms with Crippen molar-refractivity contribution in [3.8, 4) is 0 Å². The minimum Gasteiger partial charge on any atom is -0.341 e. The molecular weight excluding hydrogens is 412 g/mol. The topological polar surface area (TPSA) is 7.94 Å². The van der Waals surface area contributed by atoms with Crippen molar-refractivity contribution in [1.82, 2.24) is 4.57 Å². The van der Waals surface area contributed by atoms with Crippen molar-refractivity contribution in [1.29, 1.82) is 0 Å². The number of nitrogens with zero attached hydrogens (tertiary/aromatic N) is 2. The molecule has 4 aromatic carbocycles. The van der Waals surface area contributed by atoms with E-state index < -0.39 is 0 Å². The highest BCUT2D eigenvalue weighted by molar-refractivity contribution is 6.11. The van der Waals surface area contributed by atoms with Gasteiger partial charge in [0, 0.05) is 46.1 Å². The molecule has 168 valence electrons. The van der Waals surface area contributed by atoms with E-state index >= 15 is 0 Å². The molecule has 0 saturated carbocycles. The third kappa shape index (κ3) is 2.91. The summed E-state index contributed by atoms with van der Waals surface area (Å²) in [5, 5.41) is 5.34. The van der Waals surface area contributed by atoms with Crippen molar-refractivity contribution in [3.63, 3.8) is 0 Å². The maximum absolute atomic E-state index is 2.49. The van der Waals surface area contributed by atoms with Crippen LogP contribution >= 0.6 is 0 Å². The summed E-state index contributed by atoms with van der Waals surface area (Å²) in [4.78, 5) is 0. The third-order valence-corrected chi connectivity index (χ3v) is 7.62. The summed E-state index contributed by atoms with van der Waals surface area (Å²) in [7, 11) is 0. The molecule has 0 N–H and O–H groups in total. The van der Waals surface area contributed by atoms with E-state index in [0.717, 1.165) is 13.1 Å². The minimum atomic E-state index is -0.0644. The number of hydrogen-bond donors (Lipinski definition) is 0. The zero-order chi connectivity index (χ0) is 23.4. The Labute approximate surface area is 201 Å². The van der Waals surface area contributed by atoms with Crippen LogP contribution in [-0.2, 0) is 12.0 Å². The maximum Gasteiger partial charge on any atom is 0.210 e. The molecule has 0 unspecified atom stereocenters. The predicted molar refractivity (Wildman–Crippen MR) is 147 cm³/mol. The molecule has 0 radical (unpaired) electrons. The van der Waals surface area contributed by atoms with Crippen LogP contribution in [0.4, 0.5) is 5.69 Å². The van der Waals surface area contributed by atoms with Crippen LogP contribution in [0.15, 0.2) is 84.9 Å². The second kappa shape index (κ2) is 7.70. The molecule has 1 aliphatic heterocycles. The average Bonchev–Trinajstić information content (AvgIpc) is 3.30. The highest BCUT2D eigenvalue weighted by Crippen LogP contribution is 2.44. The van der Waals surface area contributed by atoms with E-state index in [2.05, 4.69) is 128 Å². The molecule has 0 fully saturated rings. The van der Waals surface area contributed by atoms with Crippen molar-refractivity contribution in [2.75, 3.05) is 6.54 Å². The second-order valence-corrected chi connectivity index (χ2v) is 9.81. The SMILES string of the molecule is CCn1c2ccccc2c2cc(/C=C/C3=[N+](CC)c4ccc5ccccc5c4C3(C)C)ccc21. The fraction of sp³-hybridized carbons (Fsp3) is 0.219. The van der Waals surface area contributed by atoms with Gasteiger partial charge in [0.15, 0.2) is 5.71 Å². The van der Waals surface area contributed by atoms with Crippen LogP contribution < -0.4 is 0 Å². The lowest BCUT2D eigenvalue weighted by Gasteiger charge is -2.17. The first-order chi connectivity index (χ1) is 16.5. The number of hydrogen-bond acceptors (Lipinski definition) is 0. The number of aromatic nitrogens is 1. The van der Waals surface area contributed by atoms with Crippen molar-refractivity contribution < 1.29 is 4.58 Å². The Bertz CT molecular complexity index is 1640. The Morgan fingerprint density at radius 2 is 1.50 bits per heavy atom. The molecule has 0 saturated heterocycles. The summed E-state index contributed by atoms with van der Waals surface area (Å²) in [6.45, 7) is 11.1. The molecule has 2 nitrogen and oxygen atoms in total. The van der Waals surface area contributed by atoms with Gasteiger partial charge in [-0.25, -0.2) is 0 Å². The maximum atomic E-state index is 2.49. The van der Waals surface area contributed by atoms with Gasteiger partial charge in [-0.1, -0.05) is 48.5 Å². The first-order valence-electron chi connectivity index (χ1n) is 12.4. The van der Waals surface area contributed by atoms with Gasteiger partial charge in [-0.3, -0.25) is 0 Å². The molecule has 5 aromatic rings. The predicted octanol–water partition coefficient (Wildman–Crippen LogP) is 8.08. The minimum absolute atomic E-state index is 0.0644. The Morgan fingerprint density at radius 3 is 2.29 bits per heavy atom. The van der Waals surface area contributed by atoms with Gasteiger partial charge in [0.25, 0.3) is 0 Å². The van der Waals surface area contributed by atoms with E-state index in [9.17, 15) is 0 Å². The number of aryl methyl sites for hydroxylation is 1. The van der Waals surface area contributed by atoms with Gasteiger partial charge in [0.1, 0.15) is 6.54 Å². The quantitative estimate of drug-likeness (QED) is 0.248. The average molecular weight is 444 g/mol. The molecule has 0 amide bonds. The summed E-state index contributed by atoms with van der Waals surface area (Å²) >= 11 is 0. The molecule has 0 atom stereocenters. The summed E-state index contributed by atoms with van der Waals surface area (Å²) < 4.78 is 4.90. The van der Waals surface area contributed by atoms with Crippen molar-refractivity contribution in [2.24, 2.45) is 0 Å². The molecule has 0 spiro atoms. The first kappa shape index (κ1) is 20.9. The molecule has 2 heteroatoms. The number of fused-ring (bicyclic) bond motifs is 6. The van der Waals surface area contributed by atoms with Crippen LogP contribution in [0.1, 0.15) is 38.8 Å². The molecular formula is C32H31N2+. The van der Waals surface area contributed by atoms with E-state index in [0.29, 0.717) is 0 Å². The number of rotatable bonds is 4. The number of allylic oxidation sites excluding steroid dienone is 1. The van der Waals surface area contributed by atoms with Crippen LogP contribution in [0.3, 0.4) is 0 Å². The summed E-state index contributed by atoms with van der Waals surface area (Å²) in [5.74, 6) is 0. The highest BCUT2D eigenvalue weighted by Gasteiger charge is 2.44. The summed E-state index contributed by atoms with van der Waals surface area (Å²) in [6.07, 6.45) is 4.64. The zero-order valence-corrected chi connectivity index (χ0v) is 20.5. The van der Waals surface area contributed by atoms with Crippen LogP contribution in [-0.4, -0.2) is 21.4 Å². The van der Waals surface area contributed by atoms with Crippen LogP contribution in [0.5, 0.6) is 0 Å². The highest BCUT2D eigenvalue weighted by atomic mass is 15.0. The van der Waals surface area contributed by atoms with E-state index in [1.807, 2.05) is 0 Å². The molecule has 1 aromatic heterocycles. The Balaban J connectivity index is 1.48. The van der Waals surface area contributed by atoms with E-state index in [-0.39, 0.29) is 5.41 Å². The summed E-state index contributed by atoms with van der Waals surface area (Å²) in [6, 6.07) is 29.0. The van der Waals surface area contributed by atoms with Gasteiger partial charge in [-0.2, -0.15) is 4.58 Å². The zero-order valence-electron chi connectivity index (χ0n) is 20.5. The number of para-hydroxylation sites is 1. The van der Waals surface area contributed by atoms with Gasteiger partial charge < -0.3 is 4.57 Å². The van der Waals surface area contributed by atoms with Crippen molar-refractivity contribution >= 4 is 50.1 Å². The van der Waals surface area contributed by atoms with Crippen molar-refractivity contribution in [2.45, 2.75) is 39.7 Å². The Kier molecular flexibility index (Phi) is 4.74. The van der Waals surface area contributed by atoms with E-state index in [1.165, 1.54) is 55.1 Å². The monoisotopic (exact) mass is 443 g/mol. The molecule has 34 heavy (non-hydrogen) atoms. The van der Waals surface area contributed by atoms with Gasteiger partial charge >= 0.3 is 0 Å². The normalized spacial score (nSPS) is 15.3. The van der Waals surface area contributed by atoms with E-state index in [4.69, 9.17) is 0 Å². The van der Waals surface area contributed by atoms with Gasteiger partial charge in [-0.15, -0.1) is 0 Å². The van der Waals surface area contributed by atoms with Crippen LogP contribution in [0, 0.1) is 0 Å². The van der Waals surface area contributed by atoms with Crippen molar-refractivity contribution in [3.05, 3.63) is 96.1 Å². The lowest BCUT2D eigenvalue weighted by Crippen LogP contribution is -2.27. The lowest BCUT2D eigenvalue weighted by molar-refractivity contribution is -0.433. The molecule has 0 bridgehead atoms. The van der Waals surface area contributed by atoms with E-state index in [1.54, 1.807) is 0 Å². The smallest absolute Gasteiger partial charge is 0.210 e. The largest absolute Gasteiger partial charge is 0.341 e. The number of benzene rings is 4. The third-order valence-electron chi connectivity index (χ3n) is 7.62. The fourth-order valence-corrected chi connectivity index (χ4v) is 6.07. The Morgan fingerprint density at radius 1 is 0.765 bits per heavy atom. The van der Waals surface area contributed by atoms with Gasteiger partial charge in [0.2, 0.25) is 5.69 Å². The molecule has 2 heterocycles. The fourth-order valence-electron chi connectivity index (χ4n) is 6.07. The first-order valence-corrected chi connectivity index (χ1v) is 12.4. The van der Waals surface area contributed by atoms with Gasteiger partial charge in [0.05, 0.1) is 5.41 Å². The molecule has 1 aliphatic rings.